The Kier molecular flexibility index (Phi) is 7.20. The van der Waals surface area contributed by atoms with Gasteiger partial charge in [0, 0.05) is 31.6 Å². The Morgan fingerprint density at radius 3 is 2.75 bits per heavy atom. The van der Waals surface area contributed by atoms with Gasteiger partial charge in [-0.25, -0.2) is 5.48 Å². The average molecular weight is 328 g/mol. The SMILES string of the molecule is CCCN(CCn1cccn1)Cc1ccc(/C=C/C(=O)NO)cc1. The summed E-state index contributed by atoms with van der Waals surface area (Å²) in [5, 5.41) is 12.7. The number of carbonyl (C=O) groups excluding carboxylic acids is 1. The van der Waals surface area contributed by atoms with Gasteiger partial charge in [0.1, 0.15) is 0 Å². The molecular weight excluding hydrogens is 304 g/mol. The molecule has 1 aromatic carbocycles. The van der Waals surface area contributed by atoms with Crippen molar-refractivity contribution in [2.24, 2.45) is 0 Å². The first-order valence-corrected chi connectivity index (χ1v) is 8.12. The second-order valence-corrected chi connectivity index (χ2v) is 5.60. The number of nitrogens with one attached hydrogen (secondary N) is 1. The van der Waals surface area contributed by atoms with Crippen LogP contribution >= 0.6 is 0 Å². The van der Waals surface area contributed by atoms with E-state index in [1.165, 1.54) is 11.6 Å². The fourth-order valence-corrected chi connectivity index (χ4v) is 2.46. The lowest BCUT2D eigenvalue weighted by molar-refractivity contribution is -0.124. The molecule has 0 aliphatic carbocycles. The number of aromatic nitrogens is 2. The summed E-state index contributed by atoms with van der Waals surface area (Å²) in [5.74, 6) is -0.535. The van der Waals surface area contributed by atoms with Gasteiger partial charge in [-0.05, 0) is 36.2 Å². The topological polar surface area (TPSA) is 70.4 Å². The molecule has 2 N–H and O–H groups in total. The molecule has 1 aromatic heterocycles. The van der Waals surface area contributed by atoms with Crippen LogP contribution < -0.4 is 5.48 Å². The normalized spacial score (nSPS) is 11.3. The molecule has 128 valence electrons. The summed E-state index contributed by atoms with van der Waals surface area (Å²) in [7, 11) is 0. The van der Waals surface area contributed by atoms with E-state index in [2.05, 4.69) is 29.1 Å². The second kappa shape index (κ2) is 9.64. The van der Waals surface area contributed by atoms with Crippen molar-refractivity contribution in [2.45, 2.75) is 26.4 Å². The van der Waals surface area contributed by atoms with Gasteiger partial charge in [0.05, 0.1) is 6.54 Å². The largest absolute Gasteiger partial charge is 0.297 e. The van der Waals surface area contributed by atoms with Crippen molar-refractivity contribution in [1.82, 2.24) is 20.2 Å². The molecule has 0 saturated heterocycles. The lowest BCUT2D eigenvalue weighted by atomic mass is 10.1. The minimum absolute atomic E-state index is 0.535. The first-order valence-electron chi connectivity index (χ1n) is 8.12. The Hall–Kier alpha value is -2.44. The molecule has 1 heterocycles. The van der Waals surface area contributed by atoms with Crippen LogP contribution in [0.2, 0.25) is 0 Å². The third-order valence-electron chi connectivity index (χ3n) is 3.67. The molecular formula is C18H24N4O2. The molecule has 2 aromatic rings. The van der Waals surface area contributed by atoms with Crippen molar-refractivity contribution in [1.29, 1.82) is 0 Å². The summed E-state index contributed by atoms with van der Waals surface area (Å²) in [6.07, 6.45) is 7.84. The highest BCUT2D eigenvalue weighted by Gasteiger charge is 2.05. The zero-order chi connectivity index (χ0) is 17.2. The van der Waals surface area contributed by atoms with Crippen LogP contribution in [-0.4, -0.2) is 38.9 Å². The fourth-order valence-electron chi connectivity index (χ4n) is 2.46. The highest BCUT2D eigenvalue weighted by atomic mass is 16.5. The van der Waals surface area contributed by atoms with E-state index in [9.17, 15) is 4.79 Å². The van der Waals surface area contributed by atoms with E-state index >= 15 is 0 Å². The molecule has 0 aliphatic heterocycles. The van der Waals surface area contributed by atoms with Crippen LogP contribution in [0.4, 0.5) is 0 Å². The van der Waals surface area contributed by atoms with Crippen LogP contribution in [-0.2, 0) is 17.9 Å². The van der Waals surface area contributed by atoms with E-state index in [-0.39, 0.29) is 0 Å². The lowest BCUT2D eigenvalue weighted by Gasteiger charge is -2.21. The predicted molar refractivity (Wildman–Crippen MR) is 93.2 cm³/mol. The van der Waals surface area contributed by atoms with E-state index in [4.69, 9.17) is 5.21 Å². The Bertz CT molecular complexity index is 636. The standard InChI is InChI=1S/C18H24N4O2/c1-2-11-21(13-14-22-12-3-10-19-22)15-17-6-4-16(5-7-17)8-9-18(23)20-24/h3-10,12,24H,2,11,13-15H2,1H3,(H,20,23)/b9-8+. The minimum atomic E-state index is -0.535. The van der Waals surface area contributed by atoms with Gasteiger partial charge in [0.15, 0.2) is 0 Å². The zero-order valence-corrected chi connectivity index (χ0v) is 13.9. The van der Waals surface area contributed by atoms with Crippen LogP contribution in [0.3, 0.4) is 0 Å². The highest BCUT2D eigenvalue weighted by molar-refractivity contribution is 5.90. The van der Waals surface area contributed by atoms with Gasteiger partial charge in [0.2, 0.25) is 0 Å². The summed E-state index contributed by atoms with van der Waals surface area (Å²) < 4.78 is 1.95. The fraction of sp³-hybridized carbons (Fsp3) is 0.333. The van der Waals surface area contributed by atoms with Crippen molar-refractivity contribution in [3.8, 4) is 0 Å². The van der Waals surface area contributed by atoms with E-state index in [1.807, 2.05) is 29.1 Å². The average Bonchev–Trinajstić information content (AvgIpc) is 3.12. The Labute approximate surface area is 142 Å². The maximum atomic E-state index is 11.0. The van der Waals surface area contributed by atoms with Crippen LogP contribution in [0.5, 0.6) is 0 Å². The van der Waals surface area contributed by atoms with Crippen LogP contribution in [0, 0.1) is 0 Å². The summed E-state index contributed by atoms with van der Waals surface area (Å²) >= 11 is 0. The maximum absolute atomic E-state index is 11.0. The first kappa shape index (κ1) is 17.9. The third kappa shape index (κ3) is 5.98. The molecule has 0 bridgehead atoms. The number of amides is 1. The molecule has 0 saturated carbocycles. The molecule has 0 spiro atoms. The molecule has 2 rings (SSSR count). The summed E-state index contributed by atoms with van der Waals surface area (Å²) in [6, 6.07) is 10.00. The van der Waals surface area contributed by atoms with Gasteiger partial charge in [-0.2, -0.15) is 5.10 Å². The number of nitrogens with zero attached hydrogens (tertiary/aromatic N) is 3. The van der Waals surface area contributed by atoms with Gasteiger partial charge >= 0.3 is 0 Å². The number of carbonyl (C=O) groups is 1. The van der Waals surface area contributed by atoms with Crippen LogP contribution in [0.15, 0.2) is 48.8 Å². The molecule has 0 atom stereocenters. The second-order valence-electron chi connectivity index (χ2n) is 5.60. The van der Waals surface area contributed by atoms with Crippen LogP contribution in [0.25, 0.3) is 6.08 Å². The molecule has 6 heteroatoms. The maximum Gasteiger partial charge on any atom is 0.267 e. The Balaban J connectivity index is 1.91. The quantitative estimate of drug-likeness (QED) is 0.421. The van der Waals surface area contributed by atoms with Crippen molar-refractivity contribution in [3.05, 3.63) is 59.9 Å². The van der Waals surface area contributed by atoms with Crippen molar-refractivity contribution >= 4 is 12.0 Å². The summed E-state index contributed by atoms with van der Waals surface area (Å²) in [4.78, 5) is 13.4. The molecule has 0 aliphatic rings. The van der Waals surface area contributed by atoms with Gasteiger partial charge in [0.25, 0.3) is 5.91 Å². The predicted octanol–water partition coefficient (Wildman–Crippen LogP) is 2.31. The molecule has 0 fully saturated rings. The third-order valence-corrected chi connectivity index (χ3v) is 3.67. The van der Waals surface area contributed by atoms with E-state index in [0.29, 0.717) is 0 Å². The minimum Gasteiger partial charge on any atom is -0.297 e. The Morgan fingerprint density at radius 2 is 2.12 bits per heavy atom. The van der Waals surface area contributed by atoms with Crippen molar-refractivity contribution in [2.75, 3.05) is 13.1 Å². The monoisotopic (exact) mass is 328 g/mol. The molecule has 6 nitrogen and oxygen atoms in total. The number of hydrogen-bond donors (Lipinski definition) is 2. The van der Waals surface area contributed by atoms with Crippen LogP contribution in [0.1, 0.15) is 24.5 Å². The number of rotatable bonds is 9. The number of hydroxylamine groups is 1. The molecule has 0 radical (unpaired) electrons. The summed E-state index contributed by atoms with van der Waals surface area (Å²) in [5.41, 5.74) is 3.72. The first-order chi connectivity index (χ1) is 11.7. The van der Waals surface area contributed by atoms with Crippen molar-refractivity contribution < 1.29 is 10.0 Å². The van der Waals surface area contributed by atoms with E-state index < -0.39 is 5.91 Å². The zero-order valence-electron chi connectivity index (χ0n) is 13.9. The highest BCUT2D eigenvalue weighted by Crippen LogP contribution is 2.10. The lowest BCUT2D eigenvalue weighted by Crippen LogP contribution is -2.28. The molecule has 24 heavy (non-hydrogen) atoms. The Morgan fingerprint density at radius 1 is 1.33 bits per heavy atom. The number of benzene rings is 1. The summed E-state index contributed by atoms with van der Waals surface area (Å²) in [6.45, 7) is 5.94. The molecule has 0 unspecified atom stereocenters. The smallest absolute Gasteiger partial charge is 0.267 e. The van der Waals surface area contributed by atoms with Gasteiger partial charge in [-0.3, -0.25) is 19.6 Å². The van der Waals surface area contributed by atoms with E-state index in [1.54, 1.807) is 17.8 Å². The number of hydrogen-bond acceptors (Lipinski definition) is 4. The van der Waals surface area contributed by atoms with Gasteiger partial charge < -0.3 is 0 Å². The van der Waals surface area contributed by atoms with Crippen molar-refractivity contribution in [3.63, 3.8) is 0 Å². The van der Waals surface area contributed by atoms with Gasteiger partial charge in [-0.1, -0.05) is 31.2 Å². The van der Waals surface area contributed by atoms with E-state index in [0.717, 1.165) is 38.2 Å². The molecule has 1 amide bonds. The van der Waals surface area contributed by atoms with Gasteiger partial charge in [-0.15, -0.1) is 0 Å².